The highest BCUT2D eigenvalue weighted by molar-refractivity contribution is 5.77. The fraction of sp³-hybridized carbons (Fsp3) is 0.714. The predicted molar refractivity (Wildman–Crippen MR) is 44.0 cm³/mol. The van der Waals surface area contributed by atoms with Crippen LogP contribution in [-0.4, -0.2) is 39.8 Å². The van der Waals surface area contributed by atoms with E-state index in [9.17, 15) is 9.59 Å². The van der Waals surface area contributed by atoms with E-state index in [1.54, 1.807) is 6.92 Å². The Balaban J connectivity index is 4.10. The molecule has 0 aromatic rings. The van der Waals surface area contributed by atoms with Crippen molar-refractivity contribution >= 4 is 11.9 Å². The summed E-state index contributed by atoms with van der Waals surface area (Å²) in [5.74, 6) is -1.73. The summed E-state index contributed by atoms with van der Waals surface area (Å²) in [6.07, 6.45) is -0.0248. The van der Waals surface area contributed by atoms with E-state index in [0.717, 1.165) is 0 Å². The molecule has 4 N–H and O–H groups in total. The molecule has 0 rings (SSSR count). The number of carboxylic acid groups (broad SMARTS) is 1. The molecule has 6 nitrogen and oxygen atoms in total. The molecule has 0 aliphatic rings. The first-order valence-electron chi connectivity index (χ1n) is 3.95. The van der Waals surface area contributed by atoms with Crippen LogP contribution >= 0.6 is 0 Å². The van der Waals surface area contributed by atoms with E-state index >= 15 is 0 Å². The lowest BCUT2D eigenvalue weighted by atomic mass is 10.1. The molecule has 0 fully saturated rings. The van der Waals surface area contributed by atoms with E-state index in [-0.39, 0.29) is 19.4 Å². The van der Waals surface area contributed by atoms with Crippen molar-refractivity contribution < 1.29 is 19.9 Å². The zero-order valence-corrected chi connectivity index (χ0v) is 7.43. The molecule has 0 bridgehead atoms. The third-order valence-electron chi connectivity index (χ3n) is 1.63. The molecule has 6 heteroatoms. The highest BCUT2D eigenvalue weighted by Gasteiger charge is 2.23. The number of nitrogens with two attached hydrogens (primary N) is 1. The third-order valence-corrected chi connectivity index (χ3v) is 1.63. The molecule has 0 heterocycles. The van der Waals surface area contributed by atoms with Crippen LogP contribution in [-0.2, 0) is 9.59 Å². The van der Waals surface area contributed by atoms with Crippen LogP contribution in [0.3, 0.4) is 0 Å². The number of nitrogens with zero attached hydrogens (tertiary/aromatic N) is 1. The standard InChI is InChI=1S/C7H14N2O4/c1-2-9(13)5(7(11)12)3-4-6(8)10/h5,13H,2-4H2,1H3,(H2,8,10)(H,11,12). The molecule has 0 aromatic carbocycles. The van der Waals surface area contributed by atoms with Crippen molar-refractivity contribution in [1.82, 2.24) is 5.06 Å². The van der Waals surface area contributed by atoms with E-state index in [2.05, 4.69) is 0 Å². The van der Waals surface area contributed by atoms with Crippen LogP contribution in [0.25, 0.3) is 0 Å². The molecule has 0 aromatic heterocycles. The summed E-state index contributed by atoms with van der Waals surface area (Å²) >= 11 is 0. The Morgan fingerprint density at radius 3 is 2.38 bits per heavy atom. The van der Waals surface area contributed by atoms with E-state index in [1.807, 2.05) is 0 Å². The summed E-state index contributed by atoms with van der Waals surface area (Å²) in [5, 5.41) is 18.4. The number of amides is 1. The number of aliphatic carboxylic acids is 1. The Morgan fingerprint density at radius 2 is 2.08 bits per heavy atom. The lowest BCUT2D eigenvalue weighted by Crippen LogP contribution is -2.39. The van der Waals surface area contributed by atoms with E-state index in [1.165, 1.54) is 0 Å². The second kappa shape index (κ2) is 5.50. The van der Waals surface area contributed by atoms with E-state index < -0.39 is 17.9 Å². The van der Waals surface area contributed by atoms with Gasteiger partial charge >= 0.3 is 5.97 Å². The van der Waals surface area contributed by atoms with E-state index in [4.69, 9.17) is 16.0 Å². The van der Waals surface area contributed by atoms with Crippen molar-refractivity contribution in [3.05, 3.63) is 0 Å². The lowest BCUT2D eigenvalue weighted by Gasteiger charge is -2.20. The van der Waals surface area contributed by atoms with Gasteiger partial charge in [0.15, 0.2) is 0 Å². The van der Waals surface area contributed by atoms with Gasteiger partial charge in [0.25, 0.3) is 0 Å². The number of carboxylic acids is 1. The summed E-state index contributed by atoms with van der Waals surface area (Å²) in [5.41, 5.74) is 4.85. The Bertz CT molecular complexity index is 195. The van der Waals surface area contributed by atoms with Gasteiger partial charge in [-0.3, -0.25) is 9.59 Å². The second-order valence-electron chi connectivity index (χ2n) is 2.61. The second-order valence-corrected chi connectivity index (χ2v) is 2.61. The Morgan fingerprint density at radius 1 is 1.54 bits per heavy atom. The van der Waals surface area contributed by atoms with Crippen LogP contribution in [0.4, 0.5) is 0 Å². The smallest absolute Gasteiger partial charge is 0.323 e. The van der Waals surface area contributed by atoms with Crippen molar-refractivity contribution in [1.29, 1.82) is 0 Å². The Labute approximate surface area is 75.9 Å². The molecule has 0 saturated carbocycles. The third kappa shape index (κ3) is 4.44. The van der Waals surface area contributed by atoms with Gasteiger partial charge < -0.3 is 16.0 Å². The van der Waals surface area contributed by atoms with Gasteiger partial charge in [-0.15, -0.1) is 0 Å². The lowest BCUT2D eigenvalue weighted by molar-refractivity contribution is -0.169. The number of carbonyl (C=O) groups is 2. The molecule has 1 amide bonds. The monoisotopic (exact) mass is 190 g/mol. The summed E-state index contributed by atoms with van der Waals surface area (Å²) in [6, 6.07) is -1.06. The number of hydroxylamine groups is 2. The maximum atomic E-state index is 10.6. The zero-order chi connectivity index (χ0) is 10.4. The maximum absolute atomic E-state index is 10.6. The average molecular weight is 190 g/mol. The first-order chi connectivity index (χ1) is 5.99. The summed E-state index contributed by atoms with van der Waals surface area (Å²) in [7, 11) is 0. The highest BCUT2D eigenvalue weighted by Crippen LogP contribution is 2.04. The van der Waals surface area contributed by atoms with Crippen LogP contribution in [0.5, 0.6) is 0 Å². The average Bonchev–Trinajstić information content (AvgIpc) is 2.03. The largest absolute Gasteiger partial charge is 0.480 e. The molecule has 0 spiro atoms. The van der Waals surface area contributed by atoms with Crippen molar-refractivity contribution in [3.63, 3.8) is 0 Å². The Kier molecular flexibility index (Phi) is 5.01. The van der Waals surface area contributed by atoms with Gasteiger partial charge in [0, 0.05) is 13.0 Å². The summed E-state index contributed by atoms with van der Waals surface area (Å²) < 4.78 is 0. The summed E-state index contributed by atoms with van der Waals surface area (Å²) in [4.78, 5) is 20.9. The molecular formula is C7H14N2O4. The molecule has 76 valence electrons. The molecule has 0 aliphatic heterocycles. The van der Waals surface area contributed by atoms with Crippen LogP contribution < -0.4 is 5.73 Å². The highest BCUT2D eigenvalue weighted by atomic mass is 16.5. The number of carbonyl (C=O) groups excluding carboxylic acids is 1. The molecular weight excluding hydrogens is 176 g/mol. The van der Waals surface area contributed by atoms with Crippen molar-refractivity contribution in [2.45, 2.75) is 25.8 Å². The normalized spacial score (nSPS) is 12.8. The van der Waals surface area contributed by atoms with Crippen LogP contribution in [0.2, 0.25) is 0 Å². The number of likely N-dealkylation sites (N-methyl/N-ethyl adjacent to an activating group) is 1. The molecule has 0 saturated heterocycles. The fourth-order valence-corrected chi connectivity index (χ4v) is 0.899. The maximum Gasteiger partial charge on any atom is 0.323 e. The van der Waals surface area contributed by atoms with Crippen molar-refractivity contribution in [2.24, 2.45) is 5.73 Å². The summed E-state index contributed by atoms with van der Waals surface area (Å²) in [6.45, 7) is 1.80. The van der Waals surface area contributed by atoms with Crippen LogP contribution in [0, 0.1) is 0 Å². The van der Waals surface area contributed by atoms with Gasteiger partial charge in [-0.2, -0.15) is 5.06 Å². The predicted octanol–water partition coefficient (Wildman–Crippen LogP) is -0.584. The molecule has 0 radical (unpaired) electrons. The molecule has 1 unspecified atom stereocenters. The molecule has 13 heavy (non-hydrogen) atoms. The van der Waals surface area contributed by atoms with Gasteiger partial charge in [-0.05, 0) is 6.42 Å². The quantitative estimate of drug-likeness (QED) is 0.486. The number of hydrogen-bond acceptors (Lipinski definition) is 4. The van der Waals surface area contributed by atoms with Crippen LogP contribution in [0.15, 0.2) is 0 Å². The molecule has 1 atom stereocenters. The fourth-order valence-electron chi connectivity index (χ4n) is 0.899. The number of hydrogen-bond donors (Lipinski definition) is 3. The van der Waals surface area contributed by atoms with Gasteiger partial charge in [0.2, 0.25) is 5.91 Å². The van der Waals surface area contributed by atoms with Gasteiger partial charge in [0.05, 0.1) is 0 Å². The minimum absolute atomic E-state index is 0.0228. The topological polar surface area (TPSA) is 104 Å². The van der Waals surface area contributed by atoms with Crippen molar-refractivity contribution in [2.75, 3.05) is 6.54 Å². The van der Waals surface area contributed by atoms with Gasteiger partial charge in [-0.1, -0.05) is 6.92 Å². The first-order valence-corrected chi connectivity index (χ1v) is 3.95. The number of primary amides is 1. The zero-order valence-electron chi connectivity index (χ0n) is 7.43. The van der Waals surface area contributed by atoms with E-state index in [0.29, 0.717) is 5.06 Å². The number of rotatable bonds is 6. The Hall–Kier alpha value is -1.14. The van der Waals surface area contributed by atoms with Gasteiger partial charge in [-0.25, -0.2) is 0 Å². The first kappa shape index (κ1) is 11.9. The minimum atomic E-state index is -1.16. The van der Waals surface area contributed by atoms with Gasteiger partial charge in [0.1, 0.15) is 6.04 Å². The van der Waals surface area contributed by atoms with Crippen LogP contribution in [0.1, 0.15) is 19.8 Å². The van der Waals surface area contributed by atoms with Crippen molar-refractivity contribution in [3.8, 4) is 0 Å². The SMILES string of the molecule is CCN(O)C(CCC(N)=O)C(=O)O. The molecule has 0 aliphatic carbocycles. The minimum Gasteiger partial charge on any atom is -0.480 e.